The van der Waals surface area contributed by atoms with Gasteiger partial charge < -0.3 is 11.1 Å². The average molecular weight is 269 g/mol. The van der Waals surface area contributed by atoms with E-state index < -0.39 is 0 Å². The van der Waals surface area contributed by atoms with Gasteiger partial charge in [0.05, 0.1) is 5.56 Å². The Morgan fingerprint density at radius 2 is 2.27 bits per heavy atom. The number of carbonyl (C=O) groups is 1. The molecule has 0 heterocycles. The fraction of sp³-hybridized carbons (Fsp3) is 0.364. The summed E-state index contributed by atoms with van der Waals surface area (Å²) in [6.07, 6.45) is 2.47. The second-order valence-electron chi connectivity index (χ2n) is 3.89. The molecule has 0 radical (unpaired) electrons. The molecule has 0 unspecified atom stereocenters. The third kappa shape index (κ3) is 2.72. The highest BCUT2D eigenvalue weighted by Gasteiger charge is 2.22. The quantitative estimate of drug-likeness (QED) is 0.826. The topological polar surface area (TPSA) is 55.1 Å². The highest BCUT2D eigenvalue weighted by Crippen LogP contribution is 2.28. The molecule has 0 aliphatic heterocycles. The van der Waals surface area contributed by atoms with Crippen LogP contribution in [-0.2, 0) is 0 Å². The molecule has 1 amide bonds. The van der Waals surface area contributed by atoms with Crippen LogP contribution >= 0.6 is 15.9 Å². The maximum atomic E-state index is 11.8. The number of halogens is 1. The van der Waals surface area contributed by atoms with Gasteiger partial charge >= 0.3 is 0 Å². The van der Waals surface area contributed by atoms with E-state index in [1.54, 1.807) is 18.2 Å². The second kappa shape index (κ2) is 4.23. The summed E-state index contributed by atoms with van der Waals surface area (Å²) in [5, 5.41) is 2.90. The van der Waals surface area contributed by atoms with Crippen LogP contribution in [0.5, 0.6) is 0 Å². The Kier molecular flexibility index (Phi) is 2.95. The second-order valence-corrected chi connectivity index (χ2v) is 4.75. The minimum Gasteiger partial charge on any atom is -0.399 e. The molecule has 0 spiro atoms. The first-order valence-electron chi connectivity index (χ1n) is 5.00. The van der Waals surface area contributed by atoms with Gasteiger partial charge in [-0.15, -0.1) is 0 Å². The van der Waals surface area contributed by atoms with Crippen molar-refractivity contribution >= 4 is 27.5 Å². The van der Waals surface area contributed by atoms with Crippen molar-refractivity contribution in [2.24, 2.45) is 5.92 Å². The molecule has 1 aromatic rings. The van der Waals surface area contributed by atoms with Crippen molar-refractivity contribution in [1.29, 1.82) is 0 Å². The largest absolute Gasteiger partial charge is 0.399 e. The van der Waals surface area contributed by atoms with Gasteiger partial charge in [0.25, 0.3) is 5.91 Å². The average Bonchev–Trinajstić information content (AvgIpc) is 3.02. The Hall–Kier alpha value is -1.03. The number of rotatable bonds is 3. The molecule has 80 valence electrons. The molecule has 2 rings (SSSR count). The molecule has 1 aromatic carbocycles. The zero-order valence-corrected chi connectivity index (χ0v) is 9.88. The first-order valence-corrected chi connectivity index (χ1v) is 5.79. The van der Waals surface area contributed by atoms with Gasteiger partial charge in [-0.2, -0.15) is 0 Å². The van der Waals surface area contributed by atoms with Crippen LogP contribution in [0.1, 0.15) is 23.2 Å². The highest BCUT2D eigenvalue weighted by atomic mass is 79.9. The van der Waals surface area contributed by atoms with Gasteiger partial charge in [-0.3, -0.25) is 4.79 Å². The molecule has 0 bridgehead atoms. The fourth-order valence-electron chi connectivity index (χ4n) is 1.37. The highest BCUT2D eigenvalue weighted by molar-refractivity contribution is 9.10. The number of nitrogen functional groups attached to an aromatic ring is 1. The third-order valence-corrected chi connectivity index (χ3v) is 3.17. The summed E-state index contributed by atoms with van der Waals surface area (Å²) in [6.45, 7) is 0.778. The molecule has 15 heavy (non-hydrogen) atoms. The zero-order valence-electron chi connectivity index (χ0n) is 8.29. The number of carbonyl (C=O) groups excluding carboxylic acids is 1. The summed E-state index contributed by atoms with van der Waals surface area (Å²) in [5.41, 5.74) is 6.85. The number of nitrogens with one attached hydrogen (secondary N) is 1. The molecule has 1 aliphatic carbocycles. The van der Waals surface area contributed by atoms with Crippen LogP contribution in [-0.4, -0.2) is 12.5 Å². The van der Waals surface area contributed by atoms with Crippen LogP contribution < -0.4 is 11.1 Å². The number of hydrogen-bond donors (Lipinski definition) is 2. The monoisotopic (exact) mass is 268 g/mol. The lowest BCUT2D eigenvalue weighted by molar-refractivity contribution is 0.0951. The van der Waals surface area contributed by atoms with Crippen LogP contribution in [0.15, 0.2) is 22.7 Å². The van der Waals surface area contributed by atoms with Crippen LogP contribution in [0.4, 0.5) is 5.69 Å². The van der Waals surface area contributed by atoms with Crippen LogP contribution in [0, 0.1) is 5.92 Å². The summed E-state index contributed by atoms with van der Waals surface area (Å²) in [4.78, 5) is 11.8. The van der Waals surface area contributed by atoms with Gasteiger partial charge in [-0.05, 0) is 52.9 Å². The van der Waals surface area contributed by atoms with Crippen molar-refractivity contribution in [3.05, 3.63) is 28.2 Å². The Labute approximate surface area is 97.2 Å². The van der Waals surface area contributed by atoms with Crippen molar-refractivity contribution in [2.45, 2.75) is 12.8 Å². The summed E-state index contributed by atoms with van der Waals surface area (Å²) >= 11 is 3.34. The lowest BCUT2D eigenvalue weighted by atomic mass is 10.2. The van der Waals surface area contributed by atoms with E-state index in [1.807, 2.05) is 0 Å². The van der Waals surface area contributed by atoms with E-state index in [1.165, 1.54) is 12.8 Å². The van der Waals surface area contributed by atoms with Gasteiger partial charge in [0, 0.05) is 16.7 Å². The Balaban J connectivity index is 2.05. The van der Waals surface area contributed by atoms with E-state index in [0.717, 1.165) is 11.0 Å². The molecule has 4 heteroatoms. The van der Waals surface area contributed by atoms with Crippen molar-refractivity contribution in [1.82, 2.24) is 5.32 Å². The van der Waals surface area contributed by atoms with E-state index in [2.05, 4.69) is 21.2 Å². The van der Waals surface area contributed by atoms with Crippen LogP contribution in [0.25, 0.3) is 0 Å². The molecule has 0 atom stereocenters. The van der Waals surface area contributed by atoms with Crippen molar-refractivity contribution in [2.75, 3.05) is 12.3 Å². The molecule has 0 saturated heterocycles. The van der Waals surface area contributed by atoms with E-state index in [0.29, 0.717) is 17.2 Å². The summed E-state index contributed by atoms with van der Waals surface area (Å²) in [7, 11) is 0. The van der Waals surface area contributed by atoms with Gasteiger partial charge in [-0.25, -0.2) is 0 Å². The predicted octanol–water partition coefficient (Wildman–Crippen LogP) is 2.17. The zero-order chi connectivity index (χ0) is 10.8. The van der Waals surface area contributed by atoms with Gasteiger partial charge in [0.1, 0.15) is 0 Å². The standard InChI is InChI=1S/C11H13BrN2O/c12-10-4-3-8(13)5-9(10)11(15)14-6-7-1-2-7/h3-5,7H,1-2,6,13H2,(H,14,15). The normalized spacial score (nSPS) is 15.0. The first-order chi connectivity index (χ1) is 7.16. The lowest BCUT2D eigenvalue weighted by Gasteiger charge is -2.06. The van der Waals surface area contributed by atoms with Crippen molar-refractivity contribution in [3.63, 3.8) is 0 Å². The Morgan fingerprint density at radius 3 is 2.93 bits per heavy atom. The summed E-state index contributed by atoms with van der Waals surface area (Å²) in [6, 6.07) is 5.25. The fourth-order valence-corrected chi connectivity index (χ4v) is 1.80. The molecule has 0 aromatic heterocycles. The van der Waals surface area contributed by atoms with Gasteiger partial charge in [-0.1, -0.05) is 0 Å². The third-order valence-electron chi connectivity index (χ3n) is 2.48. The lowest BCUT2D eigenvalue weighted by Crippen LogP contribution is -2.25. The van der Waals surface area contributed by atoms with E-state index in [-0.39, 0.29) is 5.91 Å². The Bertz CT molecular complexity index is 388. The summed E-state index contributed by atoms with van der Waals surface area (Å²) < 4.78 is 0.782. The maximum Gasteiger partial charge on any atom is 0.252 e. The van der Waals surface area contributed by atoms with Crippen LogP contribution in [0.3, 0.4) is 0 Å². The van der Waals surface area contributed by atoms with Crippen molar-refractivity contribution < 1.29 is 4.79 Å². The molecule has 1 fully saturated rings. The minimum atomic E-state index is -0.0546. The molecule has 3 nitrogen and oxygen atoms in total. The predicted molar refractivity (Wildman–Crippen MR) is 63.6 cm³/mol. The van der Waals surface area contributed by atoms with E-state index >= 15 is 0 Å². The molecular weight excluding hydrogens is 256 g/mol. The SMILES string of the molecule is Nc1ccc(Br)c(C(=O)NCC2CC2)c1. The van der Waals surface area contributed by atoms with Crippen molar-refractivity contribution in [3.8, 4) is 0 Å². The number of amides is 1. The number of hydrogen-bond acceptors (Lipinski definition) is 2. The van der Waals surface area contributed by atoms with Gasteiger partial charge in [0.2, 0.25) is 0 Å². The number of anilines is 1. The number of benzene rings is 1. The maximum absolute atomic E-state index is 11.8. The molecular formula is C11H13BrN2O. The minimum absolute atomic E-state index is 0.0546. The van der Waals surface area contributed by atoms with Gasteiger partial charge in [0.15, 0.2) is 0 Å². The Morgan fingerprint density at radius 1 is 1.53 bits per heavy atom. The van der Waals surface area contributed by atoms with Crippen LogP contribution in [0.2, 0.25) is 0 Å². The molecule has 1 saturated carbocycles. The van der Waals surface area contributed by atoms with E-state index in [9.17, 15) is 4.79 Å². The molecule has 1 aliphatic rings. The summed E-state index contributed by atoms with van der Waals surface area (Å²) in [5.74, 6) is 0.634. The van der Waals surface area contributed by atoms with E-state index in [4.69, 9.17) is 5.73 Å². The molecule has 3 N–H and O–H groups in total. The number of nitrogens with two attached hydrogens (primary N) is 1. The first kappa shape index (κ1) is 10.5. The smallest absolute Gasteiger partial charge is 0.252 e.